The molecular weight excluding hydrogens is 387 g/mol. The summed E-state index contributed by atoms with van der Waals surface area (Å²) < 4.78 is 3.91. The van der Waals surface area contributed by atoms with Gasteiger partial charge in [-0.1, -0.05) is 0 Å². The summed E-state index contributed by atoms with van der Waals surface area (Å²) >= 11 is 0. The zero-order valence-electron chi connectivity index (χ0n) is 15.6. The van der Waals surface area contributed by atoms with Crippen molar-refractivity contribution in [2.45, 2.75) is 44.2 Å². The van der Waals surface area contributed by atoms with Crippen molar-refractivity contribution >= 4 is 30.7 Å². The van der Waals surface area contributed by atoms with Gasteiger partial charge in [-0.25, -0.2) is 0 Å². The number of halogens is 2. The summed E-state index contributed by atoms with van der Waals surface area (Å²) in [4.78, 5) is 15.6. The van der Waals surface area contributed by atoms with Crippen LogP contribution in [0.5, 0.6) is 0 Å². The second kappa shape index (κ2) is 9.08. The maximum absolute atomic E-state index is 13.6. The molecule has 1 amide bonds. The Bertz CT molecular complexity index is 726. The van der Waals surface area contributed by atoms with E-state index in [1.165, 1.54) is 0 Å². The standard InChI is InChI=1S/C18H26N6O.2ClH/c1-15-12-21-23(13-15)16-4-2-10-22(14-16)17(25)18(5-8-19-9-6-18)24-11-3-7-20-24;;/h3,7,11-13,16,19H,2,4-6,8-10,14H2,1H3;2*1H. The van der Waals surface area contributed by atoms with E-state index in [0.717, 1.165) is 57.4 Å². The molecule has 150 valence electrons. The van der Waals surface area contributed by atoms with Crippen LogP contribution in [0.1, 0.15) is 37.3 Å². The van der Waals surface area contributed by atoms with E-state index in [4.69, 9.17) is 0 Å². The molecule has 4 rings (SSSR count). The Kier molecular flexibility index (Phi) is 7.31. The minimum absolute atomic E-state index is 0. The molecule has 2 saturated heterocycles. The lowest BCUT2D eigenvalue weighted by Gasteiger charge is -2.42. The highest BCUT2D eigenvalue weighted by atomic mass is 35.5. The zero-order valence-corrected chi connectivity index (χ0v) is 17.2. The molecule has 2 aliphatic heterocycles. The molecule has 0 bridgehead atoms. The highest BCUT2D eigenvalue weighted by Crippen LogP contribution is 2.32. The number of aromatic nitrogens is 4. The normalized spacial score (nSPS) is 21.8. The van der Waals surface area contributed by atoms with Crippen molar-refractivity contribution in [3.05, 3.63) is 36.4 Å². The summed E-state index contributed by atoms with van der Waals surface area (Å²) in [7, 11) is 0. The van der Waals surface area contributed by atoms with E-state index < -0.39 is 5.54 Å². The second-order valence-electron chi connectivity index (χ2n) is 7.28. The van der Waals surface area contributed by atoms with Crippen LogP contribution in [0.15, 0.2) is 30.9 Å². The molecule has 9 heteroatoms. The first-order valence-electron chi connectivity index (χ1n) is 9.20. The third kappa shape index (κ3) is 4.15. The van der Waals surface area contributed by atoms with E-state index >= 15 is 0 Å². The van der Waals surface area contributed by atoms with Crippen LogP contribution in [0.2, 0.25) is 0 Å². The van der Waals surface area contributed by atoms with Gasteiger partial charge in [0.2, 0.25) is 0 Å². The summed E-state index contributed by atoms with van der Waals surface area (Å²) in [5.41, 5.74) is 0.617. The summed E-state index contributed by atoms with van der Waals surface area (Å²) in [6, 6.07) is 2.17. The first kappa shape index (κ1) is 21.7. The van der Waals surface area contributed by atoms with Gasteiger partial charge in [-0.3, -0.25) is 14.2 Å². The first-order chi connectivity index (χ1) is 12.2. The lowest BCUT2D eigenvalue weighted by atomic mass is 9.86. The minimum Gasteiger partial charge on any atom is -0.338 e. The molecule has 2 fully saturated rings. The number of hydrogen-bond acceptors (Lipinski definition) is 4. The van der Waals surface area contributed by atoms with Gasteiger partial charge in [0.1, 0.15) is 5.54 Å². The molecule has 4 heterocycles. The van der Waals surface area contributed by atoms with Gasteiger partial charge in [0.25, 0.3) is 5.91 Å². The highest BCUT2D eigenvalue weighted by molar-refractivity contribution is 5.86. The van der Waals surface area contributed by atoms with E-state index in [1.54, 1.807) is 6.20 Å². The Morgan fingerprint density at radius 3 is 2.67 bits per heavy atom. The average molecular weight is 415 g/mol. The molecule has 2 aliphatic rings. The average Bonchev–Trinajstić information content (AvgIpc) is 3.34. The van der Waals surface area contributed by atoms with Gasteiger partial charge in [0.15, 0.2) is 0 Å². The number of carbonyl (C=O) groups excluding carboxylic acids is 1. The summed E-state index contributed by atoms with van der Waals surface area (Å²) in [6.45, 7) is 5.31. The molecule has 2 aromatic rings. The van der Waals surface area contributed by atoms with E-state index in [-0.39, 0.29) is 36.8 Å². The van der Waals surface area contributed by atoms with Crippen molar-refractivity contribution < 1.29 is 4.79 Å². The van der Waals surface area contributed by atoms with Crippen molar-refractivity contribution in [2.75, 3.05) is 26.2 Å². The number of nitrogens with one attached hydrogen (secondary N) is 1. The predicted octanol–water partition coefficient (Wildman–Crippen LogP) is 2.17. The Hall–Kier alpha value is -1.57. The maximum Gasteiger partial charge on any atom is 0.250 e. The molecule has 2 aromatic heterocycles. The number of hydrogen-bond donors (Lipinski definition) is 1. The van der Waals surface area contributed by atoms with E-state index in [1.807, 2.05) is 32.7 Å². The van der Waals surface area contributed by atoms with Gasteiger partial charge >= 0.3 is 0 Å². The minimum atomic E-state index is -0.545. The van der Waals surface area contributed by atoms with Crippen molar-refractivity contribution in [2.24, 2.45) is 0 Å². The van der Waals surface area contributed by atoms with Crippen LogP contribution >= 0.6 is 24.8 Å². The first-order valence-corrected chi connectivity index (χ1v) is 9.20. The molecule has 1 unspecified atom stereocenters. The smallest absolute Gasteiger partial charge is 0.250 e. The summed E-state index contributed by atoms with van der Waals surface area (Å²) in [5, 5.41) is 12.3. The summed E-state index contributed by atoms with van der Waals surface area (Å²) in [5.74, 6) is 0.214. The number of nitrogens with zero attached hydrogens (tertiary/aromatic N) is 5. The molecule has 0 aromatic carbocycles. The van der Waals surface area contributed by atoms with Crippen molar-refractivity contribution in [3.63, 3.8) is 0 Å². The third-order valence-electron chi connectivity index (χ3n) is 5.56. The van der Waals surface area contributed by atoms with E-state index in [2.05, 4.69) is 28.6 Å². The van der Waals surface area contributed by atoms with E-state index in [9.17, 15) is 4.79 Å². The molecule has 0 radical (unpaired) electrons. The number of rotatable bonds is 3. The maximum atomic E-state index is 13.6. The zero-order chi connectivity index (χ0) is 17.3. The lowest BCUT2D eigenvalue weighted by molar-refractivity contribution is -0.145. The van der Waals surface area contributed by atoms with Crippen molar-refractivity contribution in [1.29, 1.82) is 0 Å². The predicted molar refractivity (Wildman–Crippen MR) is 109 cm³/mol. The Morgan fingerprint density at radius 1 is 1.26 bits per heavy atom. The molecule has 0 saturated carbocycles. The lowest BCUT2D eigenvalue weighted by Crippen LogP contribution is -2.57. The van der Waals surface area contributed by atoms with Gasteiger partial charge < -0.3 is 10.2 Å². The largest absolute Gasteiger partial charge is 0.338 e. The monoisotopic (exact) mass is 414 g/mol. The Morgan fingerprint density at radius 2 is 2.04 bits per heavy atom. The second-order valence-corrected chi connectivity index (χ2v) is 7.28. The number of aryl methyl sites for hydroxylation is 1. The molecule has 27 heavy (non-hydrogen) atoms. The van der Waals surface area contributed by atoms with Crippen LogP contribution in [-0.4, -0.2) is 56.5 Å². The molecule has 7 nitrogen and oxygen atoms in total. The van der Waals surface area contributed by atoms with Crippen LogP contribution in [0.25, 0.3) is 0 Å². The summed E-state index contributed by atoms with van der Waals surface area (Å²) in [6.07, 6.45) is 11.3. The fraction of sp³-hybridized carbons (Fsp3) is 0.611. The molecule has 0 aliphatic carbocycles. The Labute approximate surface area is 172 Å². The van der Waals surface area contributed by atoms with Crippen LogP contribution in [-0.2, 0) is 10.3 Å². The van der Waals surface area contributed by atoms with Gasteiger partial charge in [-0.15, -0.1) is 24.8 Å². The van der Waals surface area contributed by atoms with Crippen LogP contribution < -0.4 is 5.32 Å². The van der Waals surface area contributed by atoms with Crippen LogP contribution in [0.3, 0.4) is 0 Å². The van der Waals surface area contributed by atoms with Crippen LogP contribution in [0.4, 0.5) is 0 Å². The van der Waals surface area contributed by atoms with E-state index in [0.29, 0.717) is 0 Å². The Balaban J connectivity index is 0.00000131. The molecule has 1 atom stereocenters. The molecule has 0 spiro atoms. The SMILES string of the molecule is Cc1cnn(C2CCCN(C(=O)C3(n4cccn4)CCNCC3)C2)c1.Cl.Cl. The molecular formula is C18H28Cl2N6O. The van der Waals surface area contributed by atoms with Crippen molar-refractivity contribution in [3.8, 4) is 0 Å². The number of amides is 1. The van der Waals surface area contributed by atoms with Gasteiger partial charge in [-0.2, -0.15) is 10.2 Å². The highest BCUT2D eigenvalue weighted by Gasteiger charge is 2.45. The van der Waals surface area contributed by atoms with Crippen molar-refractivity contribution in [1.82, 2.24) is 29.8 Å². The quantitative estimate of drug-likeness (QED) is 0.835. The third-order valence-corrected chi connectivity index (χ3v) is 5.56. The number of piperidine rings is 2. The van der Waals surface area contributed by atoms with Gasteiger partial charge in [0.05, 0.1) is 12.2 Å². The number of carbonyl (C=O) groups is 1. The van der Waals surface area contributed by atoms with Gasteiger partial charge in [0, 0.05) is 31.7 Å². The fourth-order valence-electron chi connectivity index (χ4n) is 4.19. The number of likely N-dealkylation sites (tertiary alicyclic amines) is 1. The van der Waals surface area contributed by atoms with Gasteiger partial charge in [-0.05, 0) is 57.3 Å². The molecule has 1 N–H and O–H groups in total. The van der Waals surface area contributed by atoms with Crippen LogP contribution in [0, 0.1) is 6.92 Å². The fourth-order valence-corrected chi connectivity index (χ4v) is 4.19. The topological polar surface area (TPSA) is 68.0 Å².